The van der Waals surface area contributed by atoms with Crippen LogP contribution < -0.4 is 5.53 Å². The van der Waals surface area contributed by atoms with Crippen LogP contribution in [0.5, 0.6) is 0 Å². The summed E-state index contributed by atoms with van der Waals surface area (Å²) >= 11 is 0. The molecule has 1 aromatic rings. The van der Waals surface area contributed by atoms with Crippen molar-refractivity contribution in [2.75, 3.05) is 0 Å². The predicted molar refractivity (Wildman–Crippen MR) is 35.8 cm³/mol. The number of benzene rings is 1. The van der Waals surface area contributed by atoms with Crippen molar-refractivity contribution in [1.29, 1.82) is 0 Å². The van der Waals surface area contributed by atoms with Crippen LogP contribution in [0.3, 0.4) is 0 Å². The maximum Gasteiger partial charge on any atom is 0.150 e. The third kappa shape index (κ3) is 1.25. The van der Waals surface area contributed by atoms with Crippen molar-refractivity contribution in [3.05, 3.63) is 29.8 Å². The van der Waals surface area contributed by atoms with E-state index in [9.17, 15) is 4.79 Å². The van der Waals surface area contributed by atoms with Crippen LogP contribution in [0.2, 0.25) is 0 Å². The predicted octanol–water partition coefficient (Wildman–Crippen LogP) is 0.342. The fraction of sp³-hybridized carbons (Fsp3) is 0. The topological polar surface area (TPSA) is 55.0 Å². The highest BCUT2D eigenvalue weighted by Crippen LogP contribution is 2.09. The van der Waals surface area contributed by atoms with Crippen LogP contribution in [0.15, 0.2) is 29.4 Å². The van der Waals surface area contributed by atoms with Crippen molar-refractivity contribution >= 4 is 12.0 Å². The molecule has 0 radical (unpaired) electrons. The Hall–Kier alpha value is -1.51. The minimum atomic E-state index is 0.590. The van der Waals surface area contributed by atoms with Crippen LogP contribution in [-0.4, -0.2) is 6.29 Å². The summed E-state index contributed by atoms with van der Waals surface area (Å²) in [5, 5.41) is 3.42. The van der Waals surface area contributed by atoms with Crippen molar-refractivity contribution in [3.63, 3.8) is 0 Å². The number of hydrogen-bond donors (Lipinski definition) is 1. The second-order valence-corrected chi connectivity index (χ2v) is 1.84. The fourth-order valence-electron chi connectivity index (χ4n) is 0.678. The van der Waals surface area contributed by atoms with Gasteiger partial charge in [-0.1, -0.05) is 12.1 Å². The molecule has 0 bridgehead atoms. The average molecular weight is 135 g/mol. The van der Waals surface area contributed by atoms with Gasteiger partial charge in [0.25, 0.3) is 0 Å². The molecule has 0 unspecified atom stereocenters. The zero-order chi connectivity index (χ0) is 7.40. The summed E-state index contributed by atoms with van der Waals surface area (Å²) in [7, 11) is 0. The lowest BCUT2D eigenvalue weighted by Crippen LogP contribution is -2.21. The van der Waals surface area contributed by atoms with E-state index < -0.39 is 0 Å². The first-order valence-corrected chi connectivity index (χ1v) is 2.83. The quantitative estimate of drug-likeness (QED) is 0.461. The Morgan fingerprint density at radius 1 is 1.50 bits per heavy atom. The second kappa shape index (κ2) is 2.87. The standard InChI is InChI=1S/C7H6N2O/c8-9-7-3-1-2-6(4-7)5-10/h1-5,8H/p+1. The van der Waals surface area contributed by atoms with E-state index in [0.717, 1.165) is 6.29 Å². The number of nitrogens with zero attached hydrogens (tertiary/aromatic N) is 1. The Kier molecular flexibility index (Phi) is 1.89. The van der Waals surface area contributed by atoms with E-state index in [2.05, 4.69) is 5.11 Å². The summed E-state index contributed by atoms with van der Waals surface area (Å²) in [6, 6.07) is 6.77. The molecular formula is C7H7N2O+. The Labute approximate surface area is 58.2 Å². The first-order chi connectivity index (χ1) is 4.86. The van der Waals surface area contributed by atoms with Crippen LogP contribution in [-0.2, 0) is 0 Å². The summed E-state index contributed by atoms with van der Waals surface area (Å²) in [5.41, 5.74) is 6.19. The molecule has 2 N–H and O–H groups in total. The third-order valence-electron chi connectivity index (χ3n) is 1.16. The van der Waals surface area contributed by atoms with Crippen molar-refractivity contribution in [1.82, 2.24) is 0 Å². The van der Waals surface area contributed by atoms with Crippen molar-refractivity contribution in [2.45, 2.75) is 0 Å². The molecule has 0 saturated carbocycles. The molecule has 1 aromatic carbocycles. The molecule has 3 heteroatoms. The molecule has 0 heterocycles. The number of nitrogens with two attached hydrogens (primary N) is 1. The molecule has 0 saturated heterocycles. The minimum Gasteiger partial charge on any atom is -0.298 e. The molecule has 0 aliphatic rings. The van der Waals surface area contributed by atoms with Crippen LogP contribution in [0.25, 0.3) is 0 Å². The monoisotopic (exact) mass is 135 g/mol. The van der Waals surface area contributed by atoms with Gasteiger partial charge in [-0.05, 0) is 17.2 Å². The molecule has 0 aromatic heterocycles. The molecule has 0 fully saturated rings. The number of rotatable bonds is 2. The Bertz CT molecular complexity index is 234. The molecule has 50 valence electrons. The van der Waals surface area contributed by atoms with Gasteiger partial charge >= 0.3 is 0 Å². The van der Waals surface area contributed by atoms with Gasteiger partial charge in [-0.15, -0.1) is 0 Å². The lowest BCUT2D eigenvalue weighted by molar-refractivity contribution is -0.210. The fourth-order valence-corrected chi connectivity index (χ4v) is 0.678. The van der Waals surface area contributed by atoms with Crippen molar-refractivity contribution < 1.29 is 10.3 Å². The van der Waals surface area contributed by atoms with Crippen LogP contribution in [0.1, 0.15) is 10.4 Å². The Morgan fingerprint density at radius 2 is 2.30 bits per heavy atom. The molecule has 0 aliphatic carbocycles. The molecule has 0 atom stereocenters. The molecule has 3 nitrogen and oxygen atoms in total. The summed E-state index contributed by atoms with van der Waals surface area (Å²) in [4.78, 5) is 10.2. The lowest BCUT2D eigenvalue weighted by Gasteiger charge is -1.87. The highest BCUT2D eigenvalue weighted by atomic mass is 16.1. The average Bonchev–Trinajstić information content (AvgIpc) is 2.05. The van der Waals surface area contributed by atoms with E-state index in [1.807, 2.05) is 0 Å². The van der Waals surface area contributed by atoms with E-state index in [-0.39, 0.29) is 0 Å². The van der Waals surface area contributed by atoms with E-state index >= 15 is 0 Å². The van der Waals surface area contributed by atoms with Gasteiger partial charge in [0.05, 0.1) is 0 Å². The Balaban J connectivity index is 3.09. The van der Waals surface area contributed by atoms with Gasteiger partial charge in [0, 0.05) is 5.56 Å². The maximum atomic E-state index is 10.2. The highest BCUT2D eigenvalue weighted by molar-refractivity contribution is 5.76. The summed E-state index contributed by atoms with van der Waals surface area (Å²) in [6.45, 7) is 0. The highest BCUT2D eigenvalue weighted by Gasteiger charge is 1.92. The number of carbonyl (C=O) groups excluding carboxylic acids is 1. The third-order valence-corrected chi connectivity index (χ3v) is 1.16. The molecule has 10 heavy (non-hydrogen) atoms. The van der Waals surface area contributed by atoms with E-state index in [1.165, 1.54) is 0 Å². The van der Waals surface area contributed by atoms with Crippen LogP contribution in [0, 0.1) is 0 Å². The molecular weight excluding hydrogens is 128 g/mol. The van der Waals surface area contributed by atoms with E-state index in [0.29, 0.717) is 11.3 Å². The molecule has 1 rings (SSSR count). The van der Waals surface area contributed by atoms with Crippen molar-refractivity contribution in [2.24, 2.45) is 5.11 Å². The van der Waals surface area contributed by atoms with Gasteiger partial charge in [0.1, 0.15) is 12.0 Å². The normalized spacial score (nSPS) is 8.80. The number of hydrogen-bond acceptors (Lipinski definition) is 2. The molecule has 0 spiro atoms. The molecule has 0 amide bonds. The van der Waals surface area contributed by atoms with Gasteiger partial charge in [-0.2, -0.15) is 5.53 Å². The SMILES string of the molecule is [NH2+]=Nc1cccc(C=O)c1. The van der Waals surface area contributed by atoms with Gasteiger partial charge < -0.3 is 0 Å². The number of carbonyl (C=O) groups is 1. The van der Waals surface area contributed by atoms with Crippen molar-refractivity contribution in [3.8, 4) is 0 Å². The summed E-state index contributed by atoms with van der Waals surface area (Å²) < 4.78 is 0. The Morgan fingerprint density at radius 3 is 2.90 bits per heavy atom. The zero-order valence-electron chi connectivity index (χ0n) is 5.32. The van der Waals surface area contributed by atoms with Crippen LogP contribution >= 0.6 is 0 Å². The first-order valence-electron chi connectivity index (χ1n) is 2.83. The maximum absolute atomic E-state index is 10.2. The van der Waals surface area contributed by atoms with Gasteiger partial charge in [0.15, 0.2) is 0 Å². The van der Waals surface area contributed by atoms with Gasteiger partial charge in [0.2, 0.25) is 0 Å². The zero-order valence-corrected chi connectivity index (χ0v) is 5.32. The largest absolute Gasteiger partial charge is 0.298 e. The molecule has 0 aliphatic heterocycles. The number of aldehydes is 1. The van der Waals surface area contributed by atoms with E-state index in [1.54, 1.807) is 24.3 Å². The summed E-state index contributed by atoms with van der Waals surface area (Å²) in [6.07, 6.45) is 0.759. The second-order valence-electron chi connectivity index (χ2n) is 1.84. The minimum absolute atomic E-state index is 0.590. The van der Waals surface area contributed by atoms with E-state index in [4.69, 9.17) is 5.53 Å². The smallest absolute Gasteiger partial charge is 0.150 e. The summed E-state index contributed by atoms with van der Waals surface area (Å²) in [5.74, 6) is 0. The van der Waals surface area contributed by atoms with Crippen LogP contribution in [0.4, 0.5) is 5.69 Å². The lowest BCUT2D eigenvalue weighted by atomic mass is 10.2. The first kappa shape index (κ1) is 6.61. The van der Waals surface area contributed by atoms with Gasteiger partial charge in [-0.25, -0.2) is 0 Å². The van der Waals surface area contributed by atoms with Gasteiger partial charge in [-0.3, -0.25) is 4.79 Å².